The minimum atomic E-state index is -1.20. The van der Waals surface area contributed by atoms with Crippen molar-refractivity contribution in [3.63, 3.8) is 0 Å². The Morgan fingerprint density at radius 2 is 1.68 bits per heavy atom. The van der Waals surface area contributed by atoms with Gasteiger partial charge in [-0.25, -0.2) is 19.6 Å². The van der Waals surface area contributed by atoms with Gasteiger partial charge >= 0.3 is 12.1 Å². The van der Waals surface area contributed by atoms with E-state index in [1.807, 2.05) is 39.0 Å². The largest absolute Gasteiger partial charge is 0.495 e. The predicted molar refractivity (Wildman–Crippen MR) is 152 cm³/mol. The number of hydroxylamine groups is 2. The van der Waals surface area contributed by atoms with Crippen LogP contribution in [-0.4, -0.2) is 71.6 Å². The lowest BCUT2D eigenvalue weighted by atomic mass is 9.99. The SMILES string of the molecule is COc1cc(CN2C(=O)N(C(CC(C)C)C(=O)N(C)OC)C(=O)C2(C)C)ccc1NC(=O)Nc1ccccc1C. The molecule has 1 unspecified atom stereocenters. The number of nitrogens with zero attached hydrogens (tertiary/aromatic N) is 3. The number of likely N-dealkylation sites (N-methyl/N-ethyl adjacent to an activating group) is 1. The number of amides is 6. The molecule has 1 fully saturated rings. The van der Waals surface area contributed by atoms with E-state index in [4.69, 9.17) is 9.57 Å². The average molecular weight is 554 g/mol. The fourth-order valence-electron chi connectivity index (χ4n) is 4.58. The van der Waals surface area contributed by atoms with Crippen molar-refractivity contribution in [2.24, 2.45) is 5.92 Å². The van der Waals surface area contributed by atoms with E-state index < -0.39 is 35.5 Å². The standard InChI is InChI=1S/C29H39N5O6/c1-18(2)15-23(25(35)32(6)40-8)34-26(36)29(4,5)33(28(34)38)17-20-13-14-22(24(16-20)39-7)31-27(37)30-21-12-10-9-11-19(21)3/h9-14,16,18,23H,15,17H2,1-8H3,(H2,30,31,37). The quantitative estimate of drug-likeness (QED) is 0.327. The van der Waals surface area contributed by atoms with E-state index in [2.05, 4.69) is 10.6 Å². The number of carbonyl (C=O) groups is 4. The van der Waals surface area contributed by atoms with Crippen molar-refractivity contribution in [1.82, 2.24) is 14.9 Å². The molecule has 2 N–H and O–H groups in total. The molecule has 2 aromatic carbocycles. The molecule has 1 aliphatic rings. The molecule has 216 valence electrons. The second-order valence-corrected chi connectivity index (χ2v) is 10.7. The third kappa shape index (κ3) is 6.36. The molecule has 0 radical (unpaired) electrons. The summed E-state index contributed by atoms with van der Waals surface area (Å²) in [6.07, 6.45) is 0.298. The first-order valence-electron chi connectivity index (χ1n) is 13.1. The van der Waals surface area contributed by atoms with E-state index in [0.29, 0.717) is 29.1 Å². The summed E-state index contributed by atoms with van der Waals surface area (Å²) in [5.41, 5.74) is 1.53. The number of methoxy groups -OCH3 is 1. The monoisotopic (exact) mass is 553 g/mol. The van der Waals surface area contributed by atoms with Gasteiger partial charge in [0.05, 0.1) is 19.9 Å². The molecule has 0 spiro atoms. The Morgan fingerprint density at radius 3 is 2.27 bits per heavy atom. The number of hydrogen-bond donors (Lipinski definition) is 2. The second kappa shape index (κ2) is 12.4. The van der Waals surface area contributed by atoms with Gasteiger partial charge in [-0.05, 0) is 62.4 Å². The second-order valence-electron chi connectivity index (χ2n) is 10.7. The molecule has 0 aromatic heterocycles. The van der Waals surface area contributed by atoms with Gasteiger partial charge in [0.1, 0.15) is 17.3 Å². The number of hydrogen-bond acceptors (Lipinski definition) is 6. The maximum absolute atomic E-state index is 13.7. The highest BCUT2D eigenvalue weighted by Gasteiger charge is 2.55. The van der Waals surface area contributed by atoms with Gasteiger partial charge < -0.3 is 20.3 Å². The molecule has 0 bridgehead atoms. The maximum Gasteiger partial charge on any atom is 0.328 e. The molecule has 11 nitrogen and oxygen atoms in total. The van der Waals surface area contributed by atoms with E-state index in [-0.39, 0.29) is 12.5 Å². The van der Waals surface area contributed by atoms with Crippen molar-refractivity contribution < 1.29 is 28.8 Å². The van der Waals surface area contributed by atoms with Crippen molar-refractivity contribution in [1.29, 1.82) is 0 Å². The lowest BCUT2D eigenvalue weighted by Gasteiger charge is -2.29. The Labute approximate surface area is 235 Å². The van der Waals surface area contributed by atoms with E-state index in [0.717, 1.165) is 15.5 Å². The van der Waals surface area contributed by atoms with Crippen LogP contribution in [0.4, 0.5) is 21.0 Å². The highest BCUT2D eigenvalue weighted by molar-refractivity contribution is 6.09. The Balaban J connectivity index is 1.83. The van der Waals surface area contributed by atoms with Crippen LogP contribution in [0.25, 0.3) is 0 Å². The first kappa shape index (κ1) is 30.4. The maximum atomic E-state index is 13.7. The van der Waals surface area contributed by atoms with Crippen LogP contribution in [0.1, 0.15) is 45.2 Å². The van der Waals surface area contributed by atoms with Gasteiger partial charge in [-0.3, -0.25) is 14.4 Å². The number of imide groups is 1. The van der Waals surface area contributed by atoms with E-state index >= 15 is 0 Å². The molecule has 11 heteroatoms. The molecule has 0 saturated carbocycles. The zero-order valence-electron chi connectivity index (χ0n) is 24.4. The van der Waals surface area contributed by atoms with E-state index in [1.54, 1.807) is 38.1 Å². The molecule has 1 atom stereocenters. The third-order valence-corrected chi connectivity index (χ3v) is 6.98. The van der Waals surface area contributed by atoms with Crippen molar-refractivity contribution in [2.45, 2.75) is 59.2 Å². The number of rotatable bonds is 10. The van der Waals surface area contributed by atoms with Gasteiger partial charge in [0.2, 0.25) is 0 Å². The van der Waals surface area contributed by atoms with Crippen LogP contribution < -0.4 is 15.4 Å². The van der Waals surface area contributed by atoms with Crippen molar-refractivity contribution >= 4 is 35.3 Å². The molecule has 6 amide bonds. The van der Waals surface area contributed by atoms with Crippen LogP contribution in [-0.2, 0) is 21.0 Å². The number of carbonyl (C=O) groups excluding carboxylic acids is 4. The molecule has 40 heavy (non-hydrogen) atoms. The fourth-order valence-corrected chi connectivity index (χ4v) is 4.58. The topological polar surface area (TPSA) is 121 Å². The smallest absolute Gasteiger partial charge is 0.328 e. The van der Waals surface area contributed by atoms with Crippen LogP contribution in [0.5, 0.6) is 5.75 Å². The number of para-hydroxylation sites is 1. The van der Waals surface area contributed by atoms with Gasteiger partial charge in [0.15, 0.2) is 0 Å². The first-order chi connectivity index (χ1) is 18.8. The first-order valence-corrected chi connectivity index (χ1v) is 13.1. The number of aryl methyl sites for hydroxylation is 1. The summed E-state index contributed by atoms with van der Waals surface area (Å²) < 4.78 is 5.51. The van der Waals surface area contributed by atoms with Crippen LogP contribution in [0.3, 0.4) is 0 Å². The summed E-state index contributed by atoms with van der Waals surface area (Å²) in [4.78, 5) is 60.4. The summed E-state index contributed by atoms with van der Waals surface area (Å²) in [5.74, 6) is -0.500. The molecule has 1 heterocycles. The minimum Gasteiger partial charge on any atom is -0.495 e. The van der Waals surface area contributed by atoms with Crippen LogP contribution in [0, 0.1) is 12.8 Å². The van der Waals surface area contributed by atoms with Crippen molar-refractivity contribution in [2.75, 3.05) is 31.9 Å². The van der Waals surface area contributed by atoms with Crippen LogP contribution >= 0.6 is 0 Å². The van der Waals surface area contributed by atoms with Crippen molar-refractivity contribution in [3.05, 3.63) is 53.6 Å². The van der Waals surface area contributed by atoms with Crippen LogP contribution in [0.15, 0.2) is 42.5 Å². The number of benzene rings is 2. The third-order valence-electron chi connectivity index (χ3n) is 6.98. The molecule has 3 rings (SSSR count). The summed E-state index contributed by atoms with van der Waals surface area (Å²) >= 11 is 0. The Hall–Kier alpha value is -4.12. The Bertz CT molecular complexity index is 1280. The minimum absolute atomic E-state index is 0.0456. The van der Waals surface area contributed by atoms with Crippen LogP contribution in [0.2, 0.25) is 0 Å². The van der Waals surface area contributed by atoms with Gasteiger partial charge in [-0.15, -0.1) is 0 Å². The Kier molecular flexibility index (Phi) is 9.41. The van der Waals surface area contributed by atoms with E-state index in [9.17, 15) is 19.2 Å². The number of urea groups is 2. The highest BCUT2D eigenvalue weighted by atomic mass is 16.7. The molecule has 0 aliphatic carbocycles. The molecule has 2 aromatic rings. The normalized spacial score (nSPS) is 15.3. The lowest BCUT2D eigenvalue weighted by molar-refractivity contribution is -0.175. The lowest BCUT2D eigenvalue weighted by Crippen LogP contribution is -2.51. The van der Waals surface area contributed by atoms with Gasteiger partial charge in [0.25, 0.3) is 11.8 Å². The van der Waals surface area contributed by atoms with Gasteiger partial charge in [0, 0.05) is 19.3 Å². The fraction of sp³-hybridized carbons (Fsp3) is 0.448. The number of ether oxygens (including phenoxy) is 1. The highest BCUT2D eigenvalue weighted by Crippen LogP contribution is 2.34. The zero-order chi connectivity index (χ0) is 29.8. The predicted octanol–water partition coefficient (Wildman–Crippen LogP) is 4.62. The van der Waals surface area contributed by atoms with Crippen molar-refractivity contribution in [3.8, 4) is 5.75 Å². The van der Waals surface area contributed by atoms with Gasteiger partial charge in [-0.1, -0.05) is 38.1 Å². The summed E-state index contributed by atoms with van der Waals surface area (Å²) in [6, 6.07) is 10.6. The summed E-state index contributed by atoms with van der Waals surface area (Å²) in [7, 11) is 4.29. The molecule has 1 aliphatic heterocycles. The Morgan fingerprint density at radius 1 is 1.02 bits per heavy atom. The summed E-state index contributed by atoms with van der Waals surface area (Å²) in [5, 5.41) is 6.64. The zero-order valence-corrected chi connectivity index (χ0v) is 24.4. The average Bonchev–Trinajstić information content (AvgIpc) is 3.07. The number of anilines is 2. The molecular weight excluding hydrogens is 514 g/mol. The molecule has 1 saturated heterocycles. The van der Waals surface area contributed by atoms with E-state index in [1.165, 1.54) is 26.2 Å². The summed E-state index contributed by atoms with van der Waals surface area (Å²) in [6.45, 7) is 9.15. The molecular formula is C29H39N5O6. The number of nitrogens with one attached hydrogen (secondary N) is 2. The van der Waals surface area contributed by atoms with Gasteiger partial charge in [-0.2, -0.15) is 0 Å².